The van der Waals surface area contributed by atoms with Gasteiger partial charge >= 0.3 is 6.18 Å². The largest absolute Gasteiger partial charge is 0.454 e. The molecule has 1 N–H and O–H groups in total. The van der Waals surface area contributed by atoms with Crippen LogP contribution in [-0.4, -0.2) is 7.05 Å². The molecule has 106 valence electrons. The minimum Gasteiger partial charge on any atom is -0.454 e. The van der Waals surface area contributed by atoms with E-state index in [4.69, 9.17) is 4.74 Å². The van der Waals surface area contributed by atoms with Crippen LogP contribution in [0.15, 0.2) is 46.9 Å². The average molecular weight is 346 g/mol. The maximum Gasteiger partial charge on any atom is 0.416 e. The highest BCUT2D eigenvalue weighted by Crippen LogP contribution is 2.38. The number of halogens is 4. The van der Waals surface area contributed by atoms with Crippen molar-refractivity contribution in [3.05, 3.63) is 52.5 Å². The molecule has 0 aliphatic heterocycles. The normalized spacial score (nSPS) is 11.2. The van der Waals surface area contributed by atoms with E-state index in [1.807, 2.05) is 6.07 Å². The van der Waals surface area contributed by atoms with Crippen molar-refractivity contribution >= 4 is 21.6 Å². The number of anilines is 1. The third-order valence-electron chi connectivity index (χ3n) is 2.63. The molecule has 0 heterocycles. The summed E-state index contributed by atoms with van der Waals surface area (Å²) in [6, 6.07) is 10.4. The van der Waals surface area contributed by atoms with Crippen LogP contribution < -0.4 is 10.1 Å². The second-order valence-corrected chi connectivity index (χ2v) is 4.85. The van der Waals surface area contributed by atoms with Crippen LogP contribution in [-0.2, 0) is 6.18 Å². The zero-order chi connectivity index (χ0) is 14.8. The van der Waals surface area contributed by atoms with Gasteiger partial charge in [-0.1, -0.05) is 12.1 Å². The molecule has 0 aliphatic carbocycles. The van der Waals surface area contributed by atoms with Crippen LogP contribution in [0.2, 0.25) is 0 Å². The van der Waals surface area contributed by atoms with Crippen molar-refractivity contribution in [3.8, 4) is 11.5 Å². The monoisotopic (exact) mass is 345 g/mol. The van der Waals surface area contributed by atoms with E-state index in [0.29, 0.717) is 11.5 Å². The first-order valence-corrected chi connectivity index (χ1v) is 6.52. The number of hydrogen-bond donors (Lipinski definition) is 1. The van der Waals surface area contributed by atoms with E-state index in [1.165, 1.54) is 6.07 Å². The van der Waals surface area contributed by atoms with Crippen molar-refractivity contribution in [3.63, 3.8) is 0 Å². The molecule has 0 aromatic heterocycles. The van der Waals surface area contributed by atoms with E-state index in [2.05, 4.69) is 21.2 Å². The Morgan fingerprint density at radius 2 is 1.75 bits per heavy atom. The van der Waals surface area contributed by atoms with Gasteiger partial charge in [0.25, 0.3) is 0 Å². The Labute approximate surface area is 122 Å². The number of nitrogens with one attached hydrogen (secondary N) is 1. The lowest BCUT2D eigenvalue weighted by Crippen LogP contribution is -2.06. The Morgan fingerprint density at radius 1 is 1.05 bits per heavy atom. The third kappa shape index (κ3) is 3.25. The van der Waals surface area contributed by atoms with E-state index < -0.39 is 11.7 Å². The fourth-order valence-electron chi connectivity index (χ4n) is 1.64. The van der Waals surface area contributed by atoms with Crippen LogP contribution in [0, 0.1) is 0 Å². The highest BCUT2D eigenvalue weighted by atomic mass is 79.9. The smallest absolute Gasteiger partial charge is 0.416 e. The minimum absolute atomic E-state index is 0.274. The van der Waals surface area contributed by atoms with Crippen LogP contribution in [0.5, 0.6) is 11.5 Å². The first-order chi connectivity index (χ1) is 9.41. The Morgan fingerprint density at radius 3 is 2.35 bits per heavy atom. The molecule has 2 rings (SSSR count). The van der Waals surface area contributed by atoms with Crippen LogP contribution >= 0.6 is 15.9 Å². The third-order valence-corrected chi connectivity index (χ3v) is 3.29. The standard InChI is InChI=1S/C14H11BrF3NO/c1-19-11-8-9(14(16,17)18)6-7-13(11)20-12-5-3-2-4-10(12)15/h2-8,19H,1H3. The second-order valence-electron chi connectivity index (χ2n) is 3.99. The molecule has 0 spiro atoms. The van der Waals surface area contributed by atoms with Gasteiger partial charge in [-0.05, 0) is 46.3 Å². The Hall–Kier alpha value is -1.69. The predicted octanol–water partition coefficient (Wildman–Crippen LogP) is 5.30. The maximum atomic E-state index is 12.7. The van der Waals surface area contributed by atoms with Crippen molar-refractivity contribution < 1.29 is 17.9 Å². The molecule has 0 aliphatic rings. The van der Waals surface area contributed by atoms with Gasteiger partial charge in [-0.3, -0.25) is 0 Å². The van der Waals surface area contributed by atoms with E-state index in [0.717, 1.165) is 16.6 Å². The Kier molecular flexibility index (Phi) is 4.23. The van der Waals surface area contributed by atoms with Gasteiger partial charge in [0.05, 0.1) is 15.7 Å². The van der Waals surface area contributed by atoms with Crippen LogP contribution in [0.25, 0.3) is 0 Å². The molecular weight excluding hydrogens is 335 g/mol. The van der Waals surface area contributed by atoms with E-state index in [-0.39, 0.29) is 5.69 Å². The molecule has 0 bridgehead atoms. The van der Waals surface area contributed by atoms with Crippen LogP contribution in [0.1, 0.15) is 5.56 Å². The second kappa shape index (κ2) is 5.75. The predicted molar refractivity (Wildman–Crippen MR) is 75.2 cm³/mol. The van der Waals surface area contributed by atoms with Gasteiger partial charge in [0.15, 0.2) is 5.75 Å². The number of ether oxygens (including phenoxy) is 1. The molecule has 0 saturated heterocycles. The van der Waals surface area contributed by atoms with E-state index in [9.17, 15) is 13.2 Å². The average Bonchev–Trinajstić information content (AvgIpc) is 2.40. The molecule has 6 heteroatoms. The summed E-state index contributed by atoms with van der Waals surface area (Å²) in [4.78, 5) is 0. The van der Waals surface area contributed by atoms with Gasteiger partial charge in [-0.2, -0.15) is 13.2 Å². The minimum atomic E-state index is -4.38. The summed E-state index contributed by atoms with van der Waals surface area (Å²) in [5, 5.41) is 2.71. The summed E-state index contributed by atoms with van der Waals surface area (Å²) in [5.41, 5.74) is -0.447. The van der Waals surface area contributed by atoms with Crippen LogP contribution in [0.4, 0.5) is 18.9 Å². The molecule has 20 heavy (non-hydrogen) atoms. The Balaban J connectivity index is 2.36. The molecular formula is C14H11BrF3NO. The summed E-state index contributed by atoms with van der Waals surface area (Å²) in [5.74, 6) is 0.858. The molecule has 0 amide bonds. The molecule has 2 nitrogen and oxygen atoms in total. The SMILES string of the molecule is CNc1cc(C(F)(F)F)ccc1Oc1ccccc1Br. The van der Waals surface area contributed by atoms with Crippen molar-refractivity contribution in [2.24, 2.45) is 0 Å². The summed E-state index contributed by atoms with van der Waals surface area (Å²) in [7, 11) is 1.54. The number of alkyl halides is 3. The summed E-state index contributed by atoms with van der Waals surface area (Å²) in [6.45, 7) is 0. The van der Waals surface area contributed by atoms with Crippen molar-refractivity contribution in [1.29, 1.82) is 0 Å². The summed E-state index contributed by atoms with van der Waals surface area (Å²) in [6.07, 6.45) is -4.38. The Bertz CT molecular complexity index is 614. The highest BCUT2D eigenvalue weighted by molar-refractivity contribution is 9.10. The van der Waals surface area contributed by atoms with Gasteiger partial charge in [-0.15, -0.1) is 0 Å². The van der Waals surface area contributed by atoms with Gasteiger partial charge in [0.2, 0.25) is 0 Å². The molecule has 0 fully saturated rings. The van der Waals surface area contributed by atoms with Crippen molar-refractivity contribution in [2.45, 2.75) is 6.18 Å². The van der Waals surface area contributed by atoms with E-state index in [1.54, 1.807) is 25.2 Å². The first kappa shape index (κ1) is 14.7. The van der Waals surface area contributed by atoms with Gasteiger partial charge in [-0.25, -0.2) is 0 Å². The molecule has 2 aromatic carbocycles. The first-order valence-electron chi connectivity index (χ1n) is 5.73. The molecule has 0 saturated carbocycles. The van der Waals surface area contributed by atoms with Crippen molar-refractivity contribution in [1.82, 2.24) is 0 Å². The molecule has 0 unspecified atom stereocenters. The summed E-state index contributed by atoms with van der Waals surface area (Å²) < 4.78 is 44.3. The summed E-state index contributed by atoms with van der Waals surface area (Å²) >= 11 is 3.32. The lowest BCUT2D eigenvalue weighted by atomic mass is 10.2. The molecule has 0 radical (unpaired) electrons. The fourth-order valence-corrected chi connectivity index (χ4v) is 2.00. The van der Waals surface area contributed by atoms with Crippen molar-refractivity contribution in [2.75, 3.05) is 12.4 Å². The van der Waals surface area contributed by atoms with Gasteiger partial charge in [0.1, 0.15) is 5.75 Å². The topological polar surface area (TPSA) is 21.3 Å². The number of para-hydroxylation sites is 1. The number of hydrogen-bond acceptors (Lipinski definition) is 2. The fraction of sp³-hybridized carbons (Fsp3) is 0.143. The lowest BCUT2D eigenvalue weighted by Gasteiger charge is -2.14. The number of benzene rings is 2. The highest BCUT2D eigenvalue weighted by Gasteiger charge is 2.31. The number of rotatable bonds is 3. The maximum absolute atomic E-state index is 12.7. The van der Waals surface area contributed by atoms with Gasteiger partial charge in [0, 0.05) is 7.05 Å². The quantitative estimate of drug-likeness (QED) is 0.814. The van der Waals surface area contributed by atoms with Crippen LogP contribution in [0.3, 0.4) is 0 Å². The zero-order valence-corrected chi connectivity index (χ0v) is 12.0. The van der Waals surface area contributed by atoms with E-state index >= 15 is 0 Å². The van der Waals surface area contributed by atoms with Gasteiger partial charge < -0.3 is 10.1 Å². The molecule has 2 aromatic rings. The molecule has 0 atom stereocenters. The zero-order valence-electron chi connectivity index (χ0n) is 10.5. The lowest BCUT2D eigenvalue weighted by molar-refractivity contribution is -0.137.